The van der Waals surface area contributed by atoms with Gasteiger partial charge >= 0.3 is 0 Å². The Kier molecular flexibility index (Phi) is 12.2. The normalized spacial score (nSPS) is 15.1. The van der Waals surface area contributed by atoms with Crippen LogP contribution in [-0.4, -0.2) is 80.7 Å². The van der Waals surface area contributed by atoms with Crippen LogP contribution in [0, 0.1) is 0 Å². The molecule has 6 rings (SSSR count). The zero-order valence-electron chi connectivity index (χ0n) is 34.4. The Morgan fingerprint density at radius 3 is 1.59 bits per heavy atom. The van der Waals surface area contributed by atoms with E-state index in [9.17, 15) is 9.59 Å². The zero-order valence-corrected chi connectivity index (χ0v) is 34.4. The average molecular weight is 793 g/mol. The van der Waals surface area contributed by atoms with Crippen molar-refractivity contribution in [3.63, 3.8) is 0 Å². The molecule has 1 atom stereocenters. The molecule has 0 amide bonds. The molecule has 0 aliphatic carbocycles. The Morgan fingerprint density at radius 2 is 1.10 bits per heavy atom. The summed E-state index contributed by atoms with van der Waals surface area (Å²) in [5.74, 6) is 4.06. The third-order valence-electron chi connectivity index (χ3n) is 10.0. The highest BCUT2D eigenvalue weighted by Crippen LogP contribution is 2.48. The largest absolute Gasteiger partial charge is 0.496 e. The summed E-state index contributed by atoms with van der Waals surface area (Å²) in [5.41, 5.74) is 4.11. The first-order chi connectivity index (χ1) is 27.9. The van der Waals surface area contributed by atoms with Gasteiger partial charge in [0, 0.05) is 39.8 Å². The molecule has 2 aliphatic rings. The van der Waals surface area contributed by atoms with Gasteiger partial charge in [-0.05, 0) is 98.7 Å². The second kappa shape index (κ2) is 17.3. The summed E-state index contributed by atoms with van der Waals surface area (Å²) in [6.07, 6.45) is 11.0. The lowest BCUT2D eigenvalue weighted by molar-refractivity contribution is 0.103. The Balaban J connectivity index is 1.35. The molecular weight excluding hydrogens is 744 g/mol. The van der Waals surface area contributed by atoms with Crippen LogP contribution >= 0.6 is 0 Å². The van der Waals surface area contributed by atoms with E-state index in [1.165, 1.54) is 54.8 Å². The van der Waals surface area contributed by atoms with Gasteiger partial charge in [-0.2, -0.15) is 0 Å². The van der Waals surface area contributed by atoms with Crippen LogP contribution in [0.3, 0.4) is 0 Å². The van der Waals surface area contributed by atoms with Crippen LogP contribution in [0.15, 0.2) is 60.7 Å². The van der Waals surface area contributed by atoms with E-state index in [4.69, 9.17) is 47.4 Å². The molecular formula is C46H48O12. The van der Waals surface area contributed by atoms with Gasteiger partial charge in [0.1, 0.15) is 28.6 Å². The quantitative estimate of drug-likeness (QED) is 0.0847. The van der Waals surface area contributed by atoms with Crippen LogP contribution < -0.4 is 47.4 Å². The van der Waals surface area contributed by atoms with E-state index in [0.717, 1.165) is 22.4 Å². The predicted octanol–water partition coefficient (Wildman–Crippen LogP) is 8.45. The zero-order chi connectivity index (χ0) is 41.7. The Hall–Kier alpha value is -6.56. The monoisotopic (exact) mass is 792 g/mol. The lowest BCUT2D eigenvalue weighted by Crippen LogP contribution is -2.29. The summed E-state index contributed by atoms with van der Waals surface area (Å²) in [6, 6.07) is 12.2. The van der Waals surface area contributed by atoms with Crippen molar-refractivity contribution in [2.75, 3.05) is 63.5 Å². The SMILES string of the molecule is COc1cc(OC)c([C@@H]2COc3c(cc(/C=C/C(=O)c4cc(OC)c(OC)c(OC)c4)c4c3C=CC(C)(C)O4)C2)cc1/C=C/C(=O)c1cc(OC)c(OC)c(OC)c1. The van der Waals surface area contributed by atoms with Crippen LogP contribution in [0.1, 0.15) is 68.3 Å². The summed E-state index contributed by atoms with van der Waals surface area (Å²) >= 11 is 0. The van der Waals surface area contributed by atoms with Gasteiger partial charge in [0.2, 0.25) is 11.5 Å². The fourth-order valence-electron chi connectivity index (χ4n) is 7.12. The molecule has 0 N–H and O–H groups in total. The van der Waals surface area contributed by atoms with Crippen LogP contribution in [0.5, 0.6) is 57.5 Å². The maximum Gasteiger partial charge on any atom is 0.203 e. The van der Waals surface area contributed by atoms with Gasteiger partial charge in [-0.3, -0.25) is 9.59 Å². The maximum absolute atomic E-state index is 13.6. The van der Waals surface area contributed by atoms with Crippen molar-refractivity contribution in [3.8, 4) is 57.5 Å². The van der Waals surface area contributed by atoms with Gasteiger partial charge in [-0.25, -0.2) is 0 Å². The van der Waals surface area contributed by atoms with Crippen molar-refractivity contribution < 1.29 is 57.0 Å². The summed E-state index contributed by atoms with van der Waals surface area (Å²) in [7, 11) is 12.2. The molecule has 0 saturated heterocycles. The highest BCUT2D eigenvalue weighted by molar-refractivity contribution is 6.08. The lowest BCUT2D eigenvalue weighted by Gasteiger charge is -2.34. The van der Waals surface area contributed by atoms with Crippen molar-refractivity contribution in [1.29, 1.82) is 0 Å². The highest BCUT2D eigenvalue weighted by atomic mass is 16.5. The van der Waals surface area contributed by atoms with E-state index in [0.29, 0.717) is 87.0 Å². The number of methoxy groups -OCH3 is 8. The standard InChI is InChI=1S/C46H48O12/c1-46(2)16-15-32-42-30(17-27(43(32)58-46)12-14-35(48)29-22-40(53-7)45(56-10)41(23-29)54-8)18-31(25-57-42)33-19-26(36(49-3)24-37(33)50-4)11-13-34(47)28-20-38(51-5)44(55-9)39(21-28)52-6/h11-17,19-24,31H,18,25H2,1-10H3/b13-11+,14-12+/t31-/m0/s1. The van der Waals surface area contributed by atoms with Gasteiger partial charge in [-0.1, -0.05) is 0 Å². The molecule has 0 spiro atoms. The molecule has 0 unspecified atom stereocenters. The molecule has 12 heteroatoms. The van der Waals surface area contributed by atoms with Crippen molar-refractivity contribution >= 4 is 29.8 Å². The van der Waals surface area contributed by atoms with Gasteiger partial charge in [0.25, 0.3) is 0 Å². The molecule has 0 fully saturated rings. The number of fused-ring (bicyclic) bond motifs is 3. The highest BCUT2D eigenvalue weighted by Gasteiger charge is 2.32. The number of rotatable bonds is 15. The smallest absolute Gasteiger partial charge is 0.203 e. The molecule has 4 aromatic rings. The fourth-order valence-corrected chi connectivity index (χ4v) is 7.12. The second-order valence-electron chi connectivity index (χ2n) is 14.0. The Morgan fingerprint density at radius 1 is 0.603 bits per heavy atom. The first kappa shape index (κ1) is 41.1. The Labute approximate surface area is 338 Å². The molecule has 2 aliphatic heterocycles. The lowest BCUT2D eigenvalue weighted by atomic mass is 9.85. The molecule has 58 heavy (non-hydrogen) atoms. The maximum atomic E-state index is 13.6. The van der Waals surface area contributed by atoms with Crippen LogP contribution in [0.2, 0.25) is 0 Å². The Bertz CT molecular complexity index is 2270. The van der Waals surface area contributed by atoms with Gasteiger partial charge in [0.05, 0.1) is 69.0 Å². The minimum absolute atomic E-state index is 0.146. The first-order valence-electron chi connectivity index (χ1n) is 18.4. The molecule has 304 valence electrons. The summed E-state index contributed by atoms with van der Waals surface area (Å²) in [5, 5.41) is 0. The molecule has 0 radical (unpaired) electrons. The summed E-state index contributed by atoms with van der Waals surface area (Å²) in [6.45, 7) is 4.29. The number of hydrogen-bond donors (Lipinski definition) is 0. The topological polar surface area (TPSA) is 126 Å². The third kappa shape index (κ3) is 8.13. The second-order valence-corrected chi connectivity index (χ2v) is 14.0. The molecule has 0 bridgehead atoms. The van der Waals surface area contributed by atoms with Crippen molar-refractivity contribution in [2.24, 2.45) is 0 Å². The fraction of sp³-hybridized carbons (Fsp3) is 0.304. The van der Waals surface area contributed by atoms with Crippen molar-refractivity contribution in [2.45, 2.75) is 31.8 Å². The molecule has 0 saturated carbocycles. The van der Waals surface area contributed by atoms with E-state index in [2.05, 4.69) is 0 Å². The van der Waals surface area contributed by atoms with E-state index < -0.39 is 5.60 Å². The van der Waals surface area contributed by atoms with Crippen LogP contribution in [0.4, 0.5) is 0 Å². The number of ether oxygens (including phenoxy) is 10. The third-order valence-corrected chi connectivity index (χ3v) is 10.0. The van der Waals surface area contributed by atoms with Crippen LogP contribution in [0.25, 0.3) is 18.2 Å². The molecule has 4 aromatic carbocycles. The first-order valence-corrected chi connectivity index (χ1v) is 18.4. The van der Waals surface area contributed by atoms with Gasteiger partial charge in [0.15, 0.2) is 34.6 Å². The molecule has 12 nitrogen and oxygen atoms in total. The van der Waals surface area contributed by atoms with Crippen molar-refractivity contribution in [3.05, 3.63) is 99.6 Å². The van der Waals surface area contributed by atoms with E-state index in [1.54, 1.807) is 50.6 Å². The number of hydrogen-bond acceptors (Lipinski definition) is 12. The molecule has 2 heterocycles. The van der Waals surface area contributed by atoms with Crippen molar-refractivity contribution in [1.82, 2.24) is 0 Å². The number of carbonyl (C=O) groups is 2. The van der Waals surface area contributed by atoms with Gasteiger partial charge in [-0.15, -0.1) is 0 Å². The molecule has 0 aromatic heterocycles. The minimum Gasteiger partial charge on any atom is -0.496 e. The number of carbonyl (C=O) groups excluding carboxylic acids is 2. The summed E-state index contributed by atoms with van der Waals surface area (Å²) in [4.78, 5) is 27.1. The number of ketones is 2. The van der Waals surface area contributed by atoms with Gasteiger partial charge < -0.3 is 47.4 Å². The minimum atomic E-state index is -0.588. The number of benzene rings is 4. The predicted molar refractivity (Wildman–Crippen MR) is 221 cm³/mol. The van der Waals surface area contributed by atoms with Crippen LogP contribution in [-0.2, 0) is 6.42 Å². The summed E-state index contributed by atoms with van der Waals surface area (Å²) < 4.78 is 57.3. The van der Waals surface area contributed by atoms with E-state index >= 15 is 0 Å². The average Bonchev–Trinajstić information content (AvgIpc) is 3.24. The number of allylic oxidation sites excluding steroid dienone is 2. The van der Waals surface area contributed by atoms with E-state index in [1.807, 2.05) is 44.2 Å². The van der Waals surface area contributed by atoms with E-state index in [-0.39, 0.29) is 17.5 Å².